The third kappa shape index (κ3) is 3.16. The topological polar surface area (TPSA) is 80.9 Å². The van der Waals surface area contributed by atoms with Gasteiger partial charge in [0, 0.05) is 6.42 Å². The molecule has 0 radical (unpaired) electrons. The summed E-state index contributed by atoms with van der Waals surface area (Å²) in [5.41, 5.74) is 0. The van der Waals surface area contributed by atoms with Crippen LogP contribution in [0.15, 0.2) is 4.34 Å². The first kappa shape index (κ1) is 11.8. The molecule has 1 amide bonds. The quantitative estimate of drug-likeness (QED) is 0.638. The summed E-state index contributed by atoms with van der Waals surface area (Å²) in [7, 11) is 0. The second-order valence-corrected chi connectivity index (χ2v) is 5.75. The number of aromatic nitrogens is 2. The highest BCUT2D eigenvalue weighted by atomic mass is 32.2. The molecule has 5 nitrogen and oxygen atoms in total. The van der Waals surface area contributed by atoms with Crippen molar-refractivity contribution in [1.82, 2.24) is 10.2 Å². The van der Waals surface area contributed by atoms with Crippen molar-refractivity contribution in [3.63, 3.8) is 0 Å². The zero-order valence-corrected chi connectivity index (χ0v) is 10.4. The first-order valence-electron chi connectivity index (χ1n) is 5.28. The standard InChI is InChI=1S/C9H14N4OS2/c10-16-9-13-12-8(15-9)11-7(14)5-6-3-1-2-4-6/h6H,1-5,10H2,(H,11,12,14). The van der Waals surface area contributed by atoms with Gasteiger partial charge in [0.2, 0.25) is 11.0 Å². The number of carbonyl (C=O) groups is 1. The van der Waals surface area contributed by atoms with Gasteiger partial charge in [-0.2, -0.15) is 0 Å². The van der Waals surface area contributed by atoms with E-state index >= 15 is 0 Å². The third-order valence-corrected chi connectivity index (χ3v) is 4.16. The SMILES string of the molecule is NSc1nnc(NC(=O)CC2CCCC2)s1. The average Bonchev–Trinajstić information content (AvgIpc) is 2.89. The molecule has 88 valence electrons. The zero-order chi connectivity index (χ0) is 11.4. The van der Waals surface area contributed by atoms with Crippen molar-refractivity contribution in [1.29, 1.82) is 0 Å². The molecular formula is C9H14N4OS2. The van der Waals surface area contributed by atoms with E-state index in [0.29, 0.717) is 21.8 Å². The lowest BCUT2D eigenvalue weighted by Crippen LogP contribution is -2.14. The van der Waals surface area contributed by atoms with E-state index in [1.54, 1.807) is 0 Å². The smallest absolute Gasteiger partial charge is 0.226 e. The number of carbonyl (C=O) groups excluding carboxylic acids is 1. The summed E-state index contributed by atoms with van der Waals surface area (Å²) in [6, 6.07) is 0. The number of nitrogens with one attached hydrogen (secondary N) is 1. The predicted octanol–water partition coefficient (Wildman–Crippen LogP) is 2.02. The molecule has 1 aromatic heterocycles. The van der Waals surface area contributed by atoms with Gasteiger partial charge < -0.3 is 5.32 Å². The van der Waals surface area contributed by atoms with E-state index < -0.39 is 0 Å². The number of nitrogens with zero attached hydrogens (tertiary/aromatic N) is 2. The minimum Gasteiger partial charge on any atom is -0.300 e. The zero-order valence-electron chi connectivity index (χ0n) is 8.81. The van der Waals surface area contributed by atoms with Crippen molar-refractivity contribution in [3.8, 4) is 0 Å². The Morgan fingerprint density at radius 2 is 2.25 bits per heavy atom. The average molecular weight is 258 g/mol. The molecule has 2 rings (SSSR count). The lowest BCUT2D eigenvalue weighted by Gasteiger charge is -2.06. The van der Waals surface area contributed by atoms with Gasteiger partial charge in [0.25, 0.3) is 0 Å². The molecule has 0 unspecified atom stereocenters. The van der Waals surface area contributed by atoms with E-state index in [9.17, 15) is 4.79 Å². The number of hydrogen-bond donors (Lipinski definition) is 2. The minimum atomic E-state index is 0.0385. The van der Waals surface area contributed by atoms with Crippen molar-refractivity contribution in [3.05, 3.63) is 0 Å². The lowest BCUT2D eigenvalue weighted by atomic mass is 10.0. The molecule has 0 saturated heterocycles. The van der Waals surface area contributed by atoms with Crippen LogP contribution in [-0.4, -0.2) is 16.1 Å². The second kappa shape index (κ2) is 5.60. The van der Waals surface area contributed by atoms with Gasteiger partial charge in [-0.25, -0.2) is 0 Å². The fourth-order valence-corrected chi connectivity index (χ4v) is 2.97. The molecule has 1 aliphatic rings. The van der Waals surface area contributed by atoms with E-state index in [2.05, 4.69) is 15.5 Å². The largest absolute Gasteiger partial charge is 0.300 e. The maximum absolute atomic E-state index is 11.7. The van der Waals surface area contributed by atoms with Gasteiger partial charge >= 0.3 is 0 Å². The Labute approximate surface area is 102 Å². The molecule has 3 N–H and O–H groups in total. The Morgan fingerprint density at radius 3 is 2.88 bits per heavy atom. The molecule has 7 heteroatoms. The summed E-state index contributed by atoms with van der Waals surface area (Å²) in [6.07, 6.45) is 5.46. The van der Waals surface area contributed by atoms with Gasteiger partial charge in [-0.1, -0.05) is 24.2 Å². The maximum atomic E-state index is 11.7. The Balaban J connectivity index is 1.81. The summed E-state index contributed by atoms with van der Waals surface area (Å²) in [6.45, 7) is 0. The molecule has 0 atom stereocenters. The van der Waals surface area contributed by atoms with Crippen molar-refractivity contribution in [2.24, 2.45) is 11.1 Å². The second-order valence-electron chi connectivity index (χ2n) is 3.89. The van der Waals surface area contributed by atoms with Gasteiger partial charge in [0.05, 0.1) is 0 Å². The van der Waals surface area contributed by atoms with Crippen LogP contribution in [0.5, 0.6) is 0 Å². The predicted molar refractivity (Wildman–Crippen MR) is 65.2 cm³/mol. The van der Waals surface area contributed by atoms with E-state index in [4.69, 9.17) is 5.14 Å². The highest BCUT2D eigenvalue weighted by Crippen LogP contribution is 2.28. The van der Waals surface area contributed by atoms with Gasteiger partial charge in [-0.3, -0.25) is 9.93 Å². The molecule has 0 spiro atoms. The molecule has 0 aliphatic heterocycles. The lowest BCUT2D eigenvalue weighted by molar-refractivity contribution is -0.117. The van der Waals surface area contributed by atoms with Crippen LogP contribution in [0, 0.1) is 5.92 Å². The fraction of sp³-hybridized carbons (Fsp3) is 0.667. The Morgan fingerprint density at radius 1 is 1.50 bits per heavy atom. The fourth-order valence-electron chi connectivity index (χ4n) is 1.95. The minimum absolute atomic E-state index is 0.0385. The molecule has 1 aliphatic carbocycles. The highest BCUT2D eigenvalue weighted by Gasteiger charge is 2.19. The first-order chi connectivity index (χ1) is 7.78. The normalized spacial score (nSPS) is 16.6. The number of rotatable bonds is 4. The Bertz CT molecular complexity index is 362. The number of amides is 1. The van der Waals surface area contributed by atoms with E-state index in [0.717, 1.165) is 11.9 Å². The summed E-state index contributed by atoms with van der Waals surface area (Å²) in [5.74, 6) is 0.591. The van der Waals surface area contributed by atoms with E-state index in [-0.39, 0.29) is 5.91 Å². The first-order valence-corrected chi connectivity index (χ1v) is 6.97. The van der Waals surface area contributed by atoms with Crippen LogP contribution in [0.2, 0.25) is 0 Å². The molecule has 1 heterocycles. The molecule has 1 fully saturated rings. The maximum Gasteiger partial charge on any atom is 0.226 e. The van der Waals surface area contributed by atoms with Crippen LogP contribution in [0.1, 0.15) is 32.1 Å². The molecule has 1 aromatic rings. The van der Waals surface area contributed by atoms with Crippen molar-refractivity contribution >= 4 is 34.3 Å². The molecule has 16 heavy (non-hydrogen) atoms. The summed E-state index contributed by atoms with van der Waals surface area (Å²) < 4.78 is 0.663. The van der Waals surface area contributed by atoms with Crippen LogP contribution in [0.25, 0.3) is 0 Å². The van der Waals surface area contributed by atoms with Crippen LogP contribution in [0.3, 0.4) is 0 Å². The van der Waals surface area contributed by atoms with Gasteiger partial charge in [0.15, 0.2) is 4.34 Å². The molecule has 0 aromatic carbocycles. The van der Waals surface area contributed by atoms with Crippen molar-refractivity contribution in [2.75, 3.05) is 5.32 Å². The summed E-state index contributed by atoms with van der Waals surface area (Å²) in [5, 5.41) is 16.3. The van der Waals surface area contributed by atoms with Gasteiger partial charge in [-0.15, -0.1) is 10.2 Å². The van der Waals surface area contributed by atoms with Gasteiger partial charge in [-0.05, 0) is 30.7 Å². The molecule has 1 saturated carbocycles. The number of nitrogens with two attached hydrogens (primary N) is 1. The van der Waals surface area contributed by atoms with Crippen LogP contribution in [-0.2, 0) is 4.79 Å². The van der Waals surface area contributed by atoms with Crippen LogP contribution < -0.4 is 10.5 Å². The Kier molecular flexibility index (Phi) is 4.14. The Hall–Kier alpha value is -0.660. The molecule has 0 bridgehead atoms. The number of hydrogen-bond acceptors (Lipinski definition) is 6. The van der Waals surface area contributed by atoms with E-state index in [1.165, 1.54) is 37.0 Å². The van der Waals surface area contributed by atoms with Gasteiger partial charge in [0.1, 0.15) is 0 Å². The van der Waals surface area contributed by atoms with Crippen LogP contribution in [0.4, 0.5) is 5.13 Å². The highest BCUT2D eigenvalue weighted by molar-refractivity contribution is 7.98. The number of anilines is 1. The van der Waals surface area contributed by atoms with E-state index in [1.807, 2.05) is 0 Å². The van der Waals surface area contributed by atoms with Crippen LogP contribution >= 0.6 is 23.3 Å². The third-order valence-electron chi connectivity index (χ3n) is 2.70. The monoisotopic (exact) mass is 258 g/mol. The van der Waals surface area contributed by atoms with Crippen molar-refractivity contribution < 1.29 is 4.79 Å². The summed E-state index contributed by atoms with van der Waals surface area (Å²) in [4.78, 5) is 11.7. The van der Waals surface area contributed by atoms with Crippen molar-refractivity contribution in [2.45, 2.75) is 36.4 Å². The summed E-state index contributed by atoms with van der Waals surface area (Å²) >= 11 is 2.35. The molecular weight excluding hydrogens is 244 g/mol.